The summed E-state index contributed by atoms with van der Waals surface area (Å²) in [6, 6.07) is 3.78. The van der Waals surface area contributed by atoms with E-state index in [1.807, 2.05) is 39.8 Å². The molecule has 2 N–H and O–H groups in total. The summed E-state index contributed by atoms with van der Waals surface area (Å²) in [6.45, 7) is 7.42. The molecule has 3 rings (SSSR count). The lowest BCUT2D eigenvalue weighted by atomic mass is 9.77. The van der Waals surface area contributed by atoms with Gasteiger partial charge in [-0.2, -0.15) is 0 Å². The van der Waals surface area contributed by atoms with Gasteiger partial charge in [-0.3, -0.25) is 10.1 Å². The van der Waals surface area contributed by atoms with Crippen LogP contribution >= 0.6 is 0 Å². The summed E-state index contributed by atoms with van der Waals surface area (Å²) in [5, 5.41) is 6.02. The zero-order chi connectivity index (χ0) is 17.5. The first-order valence-electron chi connectivity index (χ1n) is 8.68. The maximum Gasteiger partial charge on any atom is 0.412 e. The fraction of sp³-hybridized carbons (Fsp3) is 0.579. The highest BCUT2D eigenvalue weighted by Crippen LogP contribution is 2.44. The highest BCUT2D eigenvalue weighted by molar-refractivity contribution is 6.02. The van der Waals surface area contributed by atoms with Gasteiger partial charge in [-0.15, -0.1) is 0 Å². The lowest BCUT2D eigenvalue weighted by Gasteiger charge is -2.34. The smallest absolute Gasteiger partial charge is 0.412 e. The first-order chi connectivity index (χ1) is 11.2. The van der Waals surface area contributed by atoms with E-state index in [1.165, 1.54) is 6.42 Å². The average Bonchev–Trinajstić information content (AvgIpc) is 2.70. The maximum absolute atomic E-state index is 12.5. The summed E-state index contributed by atoms with van der Waals surface area (Å²) in [4.78, 5) is 24.5. The predicted octanol–water partition coefficient (Wildman–Crippen LogP) is 4.24. The Morgan fingerprint density at radius 2 is 1.88 bits per heavy atom. The van der Waals surface area contributed by atoms with Gasteiger partial charge in [-0.05, 0) is 63.8 Å². The van der Waals surface area contributed by atoms with Crippen molar-refractivity contribution >= 4 is 17.7 Å². The number of nitrogens with one attached hydrogen (secondary N) is 2. The van der Waals surface area contributed by atoms with Gasteiger partial charge in [0.15, 0.2) is 0 Å². The molecule has 1 saturated carbocycles. The van der Waals surface area contributed by atoms with Gasteiger partial charge in [-0.25, -0.2) is 4.79 Å². The van der Waals surface area contributed by atoms with E-state index in [9.17, 15) is 9.59 Å². The van der Waals surface area contributed by atoms with E-state index in [0.29, 0.717) is 5.69 Å². The molecule has 1 aliphatic heterocycles. The molecular weight excluding hydrogens is 304 g/mol. The summed E-state index contributed by atoms with van der Waals surface area (Å²) in [7, 11) is 0. The molecule has 0 bridgehead atoms. The van der Waals surface area contributed by atoms with Gasteiger partial charge < -0.3 is 10.1 Å². The van der Waals surface area contributed by atoms with Crippen LogP contribution < -0.4 is 10.6 Å². The fourth-order valence-corrected chi connectivity index (χ4v) is 3.86. The van der Waals surface area contributed by atoms with E-state index in [0.717, 1.165) is 42.4 Å². The quantitative estimate of drug-likeness (QED) is 0.809. The van der Waals surface area contributed by atoms with Crippen LogP contribution in [0.2, 0.25) is 0 Å². The molecule has 0 unspecified atom stereocenters. The monoisotopic (exact) mass is 330 g/mol. The summed E-state index contributed by atoms with van der Waals surface area (Å²) in [6.07, 6.45) is 4.88. The lowest BCUT2D eigenvalue weighted by Crippen LogP contribution is -2.40. The van der Waals surface area contributed by atoms with Gasteiger partial charge in [0.25, 0.3) is 5.91 Å². The molecule has 2 amide bonds. The molecule has 0 atom stereocenters. The van der Waals surface area contributed by atoms with E-state index in [1.54, 1.807) is 0 Å². The van der Waals surface area contributed by atoms with Crippen LogP contribution in [0.4, 0.5) is 10.5 Å². The van der Waals surface area contributed by atoms with Crippen molar-refractivity contribution in [2.75, 3.05) is 5.32 Å². The maximum atomic E-state index is 12.5. The average molecular weight is 330 g/mol. The Balaban J connectivity index is 1.92. The number of hydrogen-bond donors (Lipinski definition) is 2. The van der Waals surface area contributed by atoms with Crippen molar-refractivity contribution < 1.29 is 14.3 Å². The molecule has 24 heavy (non-hydrogen) atoms. The molecule has 1 aromatic carbocycles. The Morgan fingerprint density at radius 1 is 1.21 bits per heavy atom. The second kappa shape index (κ2) is 5.80. The van der Waals surface area contributed by atoms with E-state index in [4.69, 9.17) is 4.74 Å². The first kappa shape index (κ1) is 16.8. The van der Waals surface area contributed by atoms with Crippen molar-refractivity contribution in [3.8, 4) is 0 Å². The number of hydrogen-bond acceptors (Lipinski definition) is 3. The largest absolute Gasteiger partial charge is 0.444 e. The number of ether oxygens (including phenoxy) is 1. The van der Waals surface area contributed by atoms with Gasteiger partial charge in [0, 0.05) is 11.3 Å². The van der Waals surface area contributed by atoms with Crippen LogP contribution in [0, 0.1) is 6.92 Å². The van der Waals surface area contributed by atoms with Crippen molar-refractivity contribution in [1.82, 2.24) is 5.32 Å². The molecule has 5 nitrogen and oxygen atoms in total. The summed E-state index contributed by atoms with van der Waals surface area (Å²) < 4.78 is 5.33. The number of aryl methyl sites for hydroxylation is 1. The Labute approximate surface area is 143 Å². The highest BCUT2D eigenvalue weighted by Gasteiger charge is 2.44. The normalized spacial score (nSPS) is 18.9. The number of rotatable bonds is 1. The minimum atomic E-state index is -0.544. The molecule has 130 valence electrons. The first-order valence-corrected chi connectivity index (χ1v) is 8.68. The third-order valence-electron chi connectivity index (χ3n) is 4.78. The summed E-state index contributed by atoms with van der Waals surface area (Å²) in [5.74, 6) is 0.00761. The molecule has 2 aliphatic rings. The van der Waals surface area contributed by atoms with Crippen molar-refractivity contribution in [3.63, 3.8) is 0 Å². The SMILES string of the molecule is Cc1cc(NC(=O)OC(C)(C)C)cc2c1C(=O)NC21CCCCC1. The third kappa shape index (κ3) is 3.12. The number of amides is 2. The predicted molar refractivity (Wildman–Crippen MR) is 93.3 cm³/mol. The van der Waals surface area contributed by atoms with Crippen LogP contribution in [0.1, 0.15) is 74.4 Å². The Morgan fingerprint density at radius 3 is 2.50 bits per heavy atom. The van der Waals surface area contributed by atoms with E-state index >= 15 is 0 Å². The van der Waals surface area contributed by atoms with E-state index in [2.05, 4.69) is 10.6 Å². The molecule has 1 fully saturated rings. The molecule has 0 saturated heterocycles. The second-order valence-corrected chi connectivity index (χ2v) is 7.94. The van der Waals surface area contributed by atoms with Gasteiger partial charge in [0.1, 0.15) is 5.60 Å². The number of fused-ring (bicyclic) bond motifs is 2. The molecule has 0 aromatic heterocycles. The number of anilines is 1. The molecule has 5 heteroatoms. The third-order valence-corrected chi connectivity index (χ3v) is 4.78. The van der Waals surface area contributed by atoms with Crippen LogP contribution in [0.5, 0.6) is 0 Å². The van der Waals surface area contributed by atoms with Crippen molar-refractivity contribution in [3.05, 3.63) is 28.8 Å². The van der Waals surface area contributed by atoms with Gasteiger partial charge in [0.05, 0.1) is 5.54 Å². The molecule has 1 aromatic rings. The van der Waals surface area contributed by atoms with Crippen molar-refractivity contribution in [1.29, 1.82) is 0 Å². The van der Waals surface area contributed by atoms with Crippen LogP contribution in [0.25, 0.3) is 0 Å². The Bertz CT molecular complexity index is 683. The minimum Gasteiger partial charge on any atom is -0.444 e. The van der Waals surface area contributed by atoms with Crippen LogP contribution in [-0.2, 0) is 10.3 Å². The second-order valence-electron chi connectivity index (χ2n) is 7.94. The number of carbonyl (C=O) groups is 2. The number of carbonyl (C=O) groups excluding carboxylic acids is 2. The Kier molecular flexibility index (Phi) is 4.06. The lowest BCUT2D eigenvalue weighted by molar-refractivity contribution is 0.0635. The Hall–Kier alpha value is -2.04. The van der Waals surface area contributed by atoms with Crippen LogP contribution in [0.15, 0.2) is 12.1 Å². The highest BCUT2D eigenvalue weighted by atomic mass is 16.6. The van der Waals surface area contributed by atoms with E-state index in [-0.39, 0.29) is 11.4 Å². The van der Waals surface area contributed by atoms with E-state index < -0.39 is 11.7 Å². The zero-order valence-corrected chi connectivity index (χ0v) is 14.9. The summed E-state index contributed by atoms with van der Waals surface area (Å²) >= 11 is 0. The summed E-state index contributed by atoms with van der Waals surface area (Å²) in [5.41, 5.74) is 2.56. The van der Waals surface area contributed by atoms with Crippen molar-refractivity contribution in [2.45, 2.75) is 70.9 Å². The molecule has 1 aliphatic carbocycles. The topological polar surface area (TPSA) is 67.4 Å². The molecule has 1 spiro atoms. The van der Waals surface area contributed by atoms with Gasteiger partial charge in [-0.1, -0.05) is 19.3 Å². The zero-order valence-electron chi connectivity index (χ0n) is 14.9. The molecule has 0 radical (unpaired) electrons. The van der Waals surface area contributed by atoms with Crippen LogP contribution in [-0.4, -0.2) is 17.6 Å². The standard InChI is InChI=1S/C19H26N2O3/c1-12-10-13(20-17(23)24-18(2,3)4)11-14-15(12)16(22)21-19(14)8-6-5-7-9-19/h10-11H,5-9H2,1-4H3,(H,20,23)(H,21,22). The number of benzene rings is 1. The fourth-order valence-electron chi connectivity index (χ4n) is 3.86. The van der Waals surface area contributed by atoms with Crippen LogP contribution in [0.3, 0.4) is 0 Å². The molecular formula is C19H26N2O3. The van der Waals surface area contributed by atoms with Gasteiger partial charge in [0.2, 0.25) is 0 Å². The minimum absolute atomic E-state index is 0.00761. The van der Waals surface area contributed by atoms with Crippen molar-refractivity contribution in [2.24, 2.45) is 0 Å². The molecule has 1 heterocycles. The van der Waals surface area contributed by atoms with Gasteiger partial charge >= 0.3 is 6.09 Å².